The molecule has 6 nitrogen and oxygen atoms in total. The summed E-state index contributed by atoms with van der Waals surface area (Å²) >= 11 is 5.91. The van der Waals surface area contributed by atoms with Crippen molar-refractivity contribution in [3.8, 4) is 0 Å². The maximum Gasteiger partial charge on any atom is 0.254 e. The zero-order chi connectivity index (χ0) is 18.8. The van der Waals surface area contributed by atoms with Crippen LogP contribution >= 0.6 is 11.6 Å². The van der Waals surface area contributed by atoms with E-state index in [2.05, 4.69) is 15.6 Å². The van der Waals surface area contributed by atoms with Crippen molar-refractivity contribution in [3.05, 3.63) is 58.6 Å². The molecule has 0 bridgehead atoms. The molecule has 1 heterocycles. The summed E-state index contributed by atoms with van der Waals surface area (Å²) in [5, 5.41) is 5.34. The van der Waals surface area contributed by atoms with Crippen LogP contribution in [0.5, 0.6) is 0 Å². The maximum atomic E-state index is 13.6. The van der Waals surface area contributed by atoms with Crippen LogP contribution in [-0.4, -0.2) is 27.9 Å². The molecule has 0 aliphatic rings. The molecule has 0 aliphatic heterocycles. The second-order valence-corrected chi connectivity index (χ2v) is 5.92. The van der Waals surface area contributed by atoms with Crippen molar-refractivity contribution in [1.82, 2.24) is 14.9 Å². The van der Waals surface area contributed by atoms with Crippen molar-refractivity contribution in [2.75, 3.05) is 11.9 Å². The van der Waals surface area contributed by atoms with E-state index in [4.69, 9.17) is 11.6 Å². The van der Waals surface area contributed by atoms with E-state index in [-0.39, 0.29) is 11.5 Å². The Kier molecular flexibility index (Phi) is 4.85. The predicted octanol–water partition coefficient (Wildman–Crippen LogP) is 2.87. The van der Waals surface area contributed by atoms with Crippen molar-refractivity contribution in [2.24, 2.45) is 7.05 Å². The first-order valence-electron chi connectivity index (χ1n) is 7.50. The molecule has 2 aromatic carbocycles. The highest BCUT2D eigenvalue weighted by molar-refractivity contribution is 6.31. The number of halogens is 3. The van der Waals surface area contributed by atoms with Gasteiger partial charge in [0.15, 0.2) is 0 Å². The predicted molar refractivity (Wildman–Crippen MR) is 93.0 cm³/mol. The normalized spacial score (nSPS) is 10.8. The SMILES string of the molecule is Cn1c(NC(=O)CNC(=O)c2ccc(F)cc2F)nc2cc(Cl)ccc21. The Morgan fingerprint density at radius 3 is 2.69 bits per heavy atom. The number of carbonyl (C=O) groups excluding carboxylic acids is 2. The van der Waals surface area contributed by atoms with Gasteiger partial charge >= 0.3 is 0 Å². The molecular formula is C17H13ClF2N4O2. The monoisotopic (exact) mass is 378 g/mol. The van der Waals surface area contributed by atoms with E-state index in [1.54, 1.807) is 29.8 Å². The number of benzene rings is 2. The lowest BCUT2D eigenvalue weighted by molar-refractivity contribution is -0.115. The van der Waals surface area contributed by atoms with E-state index in [9.17, 15) is 18.4 Å². The number of hydrogen-bond acceptors (Lipinski definition) is 3. The Morgan fingerprint density at radius 2 is 1.96 bits per heavy atom. The van der Waals surface area contributed by atoms with E-state index in [1.165, 1.54) is 0 Å². The molecule has 3 aromatic rings. The molecule has 0 spiro atoms. The minimum Gasteiger partial charge on any atom is -0.343 e. The molecule has 2 amide bonds. The topological polar surface area (TPSA) is 76.0 Å². The summed E-state index contributed by atoms with van der Waals surface area (Å²) in [6.07, 6.45) is 0. The van der Waals surface area contributed by atoms with Gasteiger partial charge in [-0.15, -0.1) is 0 Å². The first-order chi connectivity index (χ1) is 12.3. The first-order valence-corrected chi connectivity index (χ1v) is 7.88. The molecule has 9 heteroatoms. The van der Waals surface area contributed by atoms with E-state index >= 15 is 0 Å². The number of hydrogen-bond donors (Lipinski definition) is 2. The molecule has 134 valence electrons. The third-order valence-corrected chi connectivity index (χ3v) is 3.91. The summed E-state index contributed by atoms with van der Waals surface area (Å²) in [5.41, 5.74) is 1.02. The molecule has 1 aromatic heterocycles. The van der Waals surface area contributed by atoms with Gasteiger partial charge in [0.2, 0.25) is 11.9 Å². The molecule has 0 aliphatic carbocycles. The number of amides is 2. The maximum absolute atomic E-state index is 13.6. The average Bonchev–Trinajstić information content (AvgIpc) is 2.87. The first kappa shape index (κ1) is 17.8. The lowest BCUT2D eigenvalue weighted by Crippen LogP contribution is -2.33. The second kappa shape index (κ2) is 7.09. The minimum atomic E-state index is -1.00. The summed E-state index contributed by atoms with van der Waals surface area (Å²) in [7, 11) is 1.71. The highest BCUT2D eigenvalue weighted by Gasteiger charge is 2.15. The number of carbonyl (C=O) groups is 2. The zero-order valence-corrected chi connectivity index (χ0v) is 14.3. The highest BCUT2D eigenvalue weighted by atomic mass is 35.5. The van der Waals surface area contributed by atoms with Crippen molar-refractivity contribution in [3.63, 3.8) is 0 Å². The fourth-order valence-corrected chi connectivity index (χ4v) is 2.55. The Bertz CT molecular complexity index is 1020. The standard InChI is InChI=1S/C17H13ClF2N4O2/c1-24-14-5-2-9(18)6-13(14)22-17(24)23-15(25)8-21-16(26)11-4-3-10(19)7-12(11)20/h2-7H,8H2,1H3,(H,21,26)(H,22,23,25). The smallest absolute Gasteiger partial charge is 0.254 e. The van der Waals surface area contributed by atoms with Crippen molar-refractivity contribution in [1.29, 1.82) is 0 Å². The number of nitrogens with zero attached hydrogens (tertiary/aromatic N) is 2. The molecule has 0 radical (unpaired) electrons. The highest BCUT2D eigenvalue weighted by Crippen LogP contribution is 2.21. The summed E-state index contributed by atoms with van der Waals surface area (Å²) in [6.45, 7) is -0.403. The number of imidazole rings is 1. The van der Waals surface area contributed by atoms with Crippen LogP contribution < -0.4 is 10.6 Å². The number of aromatic nitrogens is 2. The number of fused-ring (bicyclic) bond motifs is 1. The molecule has 3 rings (SSSR count). The van der Waals surface area contributed by atoms with Crippen molar-refractivity contribution in [2.45, 2.75) is 0 Å². The fourth-order valence-electron chi connectivity index (χ4n) is 2.38. The number of nitrogens with one attached hydrogen (secondary N) is 2. The number of anilines is 1. The van der Waals surface area contributed by atoms with Crippen LogP contribution in [0.25, 0.3) is 11.0 Å². The van der Waals surface area contributed by atoms with Gasteiger partial charge in [0, 0.05) is 18.1 Å². The van der Waals surface area contributed by atoms with Gasteiger partial charge in [-0.25, -0.2) is 13.8 Å². The van der Waals surface area contributed by atoms with Gasteiger partial charge in [-0.05, 0) is 30.3 Å². The molecular weight excluding hydrogens is 366 g/mol. The molecule has 0 saturated heterocycles. The Balaban J connectivity index is 1.66. The van der Waals surface area contributed by atoms with Gasteiger partial charge in [-0.2, -0.15) is 0 Å². The van der Waals surface area contributed by atoms with Gasteiger partial charge in [0.25, 0.3) is 5.91 Å². The second-order valence-electron chi connectivity index (χ2n) is 5.48. The van der Waals surface area contributed by atoms with Gasteiger partial charge in [-0.1, -0.05) is 11.6 Å². The Morgan fingerprint density at radius 1 is 1.19 bits per heavy atom. The number of rotatable bonds is 4. The Hall–Kier alpha value is -3.00. The molecule has 0 atom stereocenters. The molecule has 0 fully saturated rings. The van der Waals surface area contributed by atoms with Crippen LogP contribution in [-0.2, 0) is 11.8 Å². The average molecular weight is 379 g/mol. The van der Waals surface area contributed by atoms with E-state index < -0.39 is 30.0 Å². The van der Waals surface area contributed by atoms with Crippen LogP contribution in [0, 0.1) is 11.6 Å². The quantitative estimate of drug-likeness (QED) is 0.733. The van der Waals surface area contributed by atoms with Gasteiger partial charge in [-0.3, -0.25) is 14.9 Å². The number of aryl methyl sites for hydroxylation is 1. The molecule has 0 saturated carbocycles. The molecule has 2 N–H and O–H groups in total. The van der Waals surface area contributed by atoms with Crippen LogP contribution in [0.15, 0.2) is 36.4 Å². The van der Waals surface area contributed by atoms with E-state index in [0.717, 1.165) is 17.6 Å². The van der Waals surface area contributed by atoms with Crippen LogP contribution in [0.2, 0.25) is 5.02 Å². The lowest BCUT2D eigenvalue weighted by atomic mass is 10.2. The molecule has 0 unspecified atom stereocenters. The summed E-state index contributed by atoms with van der Waals surface area (Å²) in [5.74, 6) is -2.90. The van der Waals surface area contributed by atoms with E-state index in [1.807, 2.05) is 0 Å². The van der Waals surface area contributed by atoms with Gasteiger partial charge in [0.05, 0.1) is 23.1 Å². The molecule has 26 heavy (non-hydrogen) atoms. The largest absolute Gasteiger partial charge is 0.343 e. The lowest BCUT2D eigenvalue weighted by Gasteiger charge is -2.07. The summed E-state index contributed by atoms with van der Waals surface area (Å²) in [4.78, 5) is 28.2. The fraction of sp³-hybridized carbons (Fsp3) is 0.118. The minimum absolute atomic E-state index is 0.273. The Labute approximate surface area is 151 Å². The van der Waals surface area contributed by atoms with Crippen molar-refractivity contribution >= 4 is 40.4 Å². The van der Waals surface area contributed by atoms with Gasteiger partial charge < -0.3 is 9.88 Å². The van der Waals surface area contributed by atoms with Gasteiger partial charge in [0.1, 0.15) is 11.6 Å². The van der Waals surface area contributed by atoms with Crippen LogP contribution in [0.1, 0.15) is 10.4 Å². The van der Waals surface area contributed by atoms with Crippen LogP contribution in [0.3, 0.4) is 0 Å². The van der Waals surface area contributed by atoms with Crippen LogP contribution in [0.4, 0.5) is 14.7 Å². The summed E-state index contributed by atoms with van der Waals surface area (Å²) in [6, 6.07) is 7.69. The summed E-state index contributed by atoms with van der Waals surface area (Å²) < 4.78 is 28.1. The third kappa shape index (κ3) is 3.65. The van der Waals surface area contributed by atoms with Crippen molar-refractivity contribution < 1.29 is 18.4 Å². The third-order valence-electron chi connectivity index (χ3n) is 3.68. The van der Waals surface area contributed by atoms with E-state index in [0.29, 0.717) is 16.6 Å². The zero-order valence-electron chi connectivity index (χ0n) is 13.5.